The van der Waals surface area contributed by atoms with E-state index >= 15 is 0 Å². The van der Waals surface area contributed by atoms with E-state index in [1.807, 2.05) is 13.0 Å². The van der Waals surface area contributed by atoms with Crippen molar-refractivity contribution in [3.63, 3.8) is 0 Å². The molecule has 1 fully saturated rings. The highest BCUT2D eigenvalue weighted by atomic mass is 79.9. The van der Waals surface area contributed by atoms with Gasteiger partial charge in [0.25, 0.3) is 0 Å². The minimum Gasteiger partial charge on any atom is -0.295 e. The summed E-state index contributed by atoms with van der Waals surface area (Å²) in [6.45, 7) is 4.02. The molecule has 0 spiro atoms. The zero-order chi connectivity index (χ0) is 13.7. The van der Waals surface area contributed by atoms with Gasteiger partial charge in [0.05, 0.1) is 0 Å². The van der Waals surface area contributed by atoms with Crippen LogP contribution in [-0.4, -0.2) is 22.8 Å². The summed E-state index contributed by atoms with van der Waals surface area (Å²) in [7, 11) is 0. The standard InChI is InChI=1S/C16H23BrFN/c1-13-11-15(18)8-7-14(13)12-19(10-9-17)16-5-3-2-4-6-16/h7-8,11,16H,2-6,9-10,12H2,1H3. The molecule has 0 aliphatic heterocycles. The summed E-state index contributed by atoms with van der Waals surface area (Å²) in [6, 6.07) is 5.86. The van der Waals surface area contributed by atoms with E-state index < -0.39 is 0 Å². The Morgan fingerprint density at radius 2 is 2.00 bits per heavy atom. The molecule has 19 heavy (non-hydrogen) atoms. The number of aryl methyl sites for hydroxylation is 1. The third-order valence-electron chi connectivity index (χ3n) is 4.14. The van der Waals surface area contributed by atoms with E-state index in [9.17, 15) is 4.39 Å². The third-order valence-corrected chi connectivity index (χ3v) is 4.50. The van der Waals surface area contributed by atoms with Gasteiger partial charge in [0.15, 0.2) is 0 Å². The van der Waals surface area contributed by atoms with Gasteiger partial charge in [0.2, 0.25) is 0 Å². The van der Waals surface area contributed by atoms with Crippen molar-refractivity contribution in [3.8, 4) is 0 Å². The first-order valence-corrected chi connectivity index (χ1v) is 8.38. The zero-order valence-electron chi connectivity index (χ0n) is 11.7. The maximum atomic E-state index is 13.2. The molecule has 1 saturated carbocycles. The highest BCUT2D eigenvalue weighted by molar-refractivity contribution is 9.09. The van der Waals surface area contributed by atoms with Gasteiger partial charge in [-0.05, 0) is 43.0 Å². The van der Waals surface area contributed by atoms with E-state index in [0.29, 0.717) is 6.04 Å². The summed E-state index contributed by atoms with van der Waals surface area (Å²) in [5, 5.41) is 1.00. The van der Waals surface area contributed by atoms with Crippen LogP contribution in [0.4, 0.5) is 4.39 Å². The van der Waals surface area contributed by atoms with Crippen molar-refractivity contribution in [1.82, 2.24) is 4.90 Å². The van der Waals surface area contributed by atoms with Crippen molar-refractivity contribution in [2.75, 3.05) is 11.9 Å². The Kier molecular flexibility index (Phi) is 5.83. The fraction of sp³-hybridized carbons (Fsp3) is 0.625. The first-order chi connectivity index (χ1) is 9.20. The Morgan fingerprint density at radius 3 is 2.63 bits per heavy atom. The molecule has 0 unspecified atom stereocenters. The van der Waals surface area contributed by atoms with Crippen molar-refractivity contribution < 1.29 is 4.39 Å². The van der Waals surface area contributed by atoms with Crippen LogP contribution in [0, 0.1) is 12.7 Å². The molecule has 1 aliphatic rings. The van der Waals surface area contributed by atoms with Crippen LogP contribution in [0.1, 0.15) is 43.2 Å². The predicted molar refractivity (Wildman–Crippen MR) is 82.2 cm³/mol. The molecular weight excluding hydrogens is 305 g/mol. The molecule has 0 bridgehead atoms. The van der Waals surface area contributed by atoms with E-state index in [4.69, 9.17) is 0 Å². The molecule has 1 nitrogen and oxygen atoms in total. The van der Waals surface area contributed by atoms with E-state index in [1.54, 1.807) is 12.1 Å². The van der Waals surface area contributed by atoms with Gasteiger partial charge in [-0.3, -0.25) is 4.90 Å². The number of alkyl halides is 1. The Morgan fingerprint density at radius 1 is 1.26 bits per heavy atom. The van der Waals surface area contributed by atoms with Crippen LogP contribution in [0.3, 0.4) is 0 Å². The second-order valence-corrected chi connectivity index (χ2v) is 6.32. The fourth-order valence-electron chi connectivity index (χ4n) is 3.00. The van der Waals surface area contributed by atoms with Gasteiger partial charge in [0, 0.05) is 24.5 Å². The summed E-state index contributed by atoms with van der Waals surface area (Å²) in [5.74, 6) is -0.133. The molecule has 1 aromatic carbocycles. The molecule has 0 saturated heterocycles. The van der Waals surface area contributed by atoms with Crippen LogP contribution in [0.5, 0.6) is 0 Å². The summed E-state index contributed by atoms with van der Waals surface area (Å²) >= 11 is 3.56. The molecule has 0 heterocycles. The molecule has 2 rings (SSSR count). The quantitative estimate of drug-likeness (QED) is 0.711. The van der Waals surface area contributed by atoms with E-state index in [0.717, 1.165) is 24.0 Å². The Hall–Kier alpha value is -0.410. The van der Waals surface area contributed by atoms with Gasteiger partial charge in [-0.2, -0.15) is 0 Å². The fourth-order valence-corrected chi connectivity index (χ4v) is 3.46. The Balaban J connectivity index is 2.06. The summed E-state index contributed by atoms with van der Waals surface area (Å²) in [5.41, 5.74) is 2.32. The predicted octanol–water partition coefficient (Wildman–Crippen LogP) is 4.66. The Labute approximate surface area is 124 Å². The topological polar surface area (TPSA) is 3.24 Å². The molecule has 3 heteroatoms. The number of nitrogens with zero attached hydrogens (tertiary/aromatic N) is 1. The lowest BCUT2D eigenvalue weighted by molar-refractivity contribution is 0.157. The Bertz CT molecular complexity index is 402. The third kappa shape index (κ3) is 4.28. The molecule has 106 valence electrons. The van der Waals surface area contributed by atoms with Gasteiger partial charge in [-0.15, -0.1) is 0 Å². The van der Waals surface area contributed by atoms with Crippen LogP contribution < -0.4 is 0 Å². The second kappa shape index (κ2) is 7.39. The van der Waals surface area contributed by atoms with Crippen molar-refractivity contribution in [1.29, 1.82) is 0 Å². The number of hydrogen-bond donors (Lipinski definition) is 0. The molecule has 0 amide bonds. The molecule has 0 radical (unpaired) electrons. The van der Waals surface area contributed by atoms with Gasteiger partial charge >= 0.3 is 0 Å². The molecular formula is C16H23BrFN. The SMILES string of the molecule is Cc1cc(F)ccc1CN(CCBr)C1CCCCC1. The first-order valence-electron chi connectivity index (χ1n) is 7.25. The second-order valence-electron chi connectivity index (χ2n) is 5.52. The molecule has 0 aromatic heterocycles. The van der Waals surface area contributed by atoms with Crippen LogP contribution in [0.15, 0.2) is 18.2 Å². The number of hydrogen-bond acceptors (Lipinski definition) is 1. The largest absolute Gasteiger partial charge is 0.295 e. The lowest BCUT2D eigenvalue weighted by atomic mass is 9.93. The summed E-state index contributed by atoms with van der Waals surface area (Å²) in [4.78, 5) is 2.56. The van der Waals surface area contributed by atoms with Gasteiger partial charge in [-0.1, -0.05) is 41.3 Å². The molecule has 0 atom stereocenters. The highest BCUT2D eigenvalue weighted by Crippen LogP contribution is 2.25. The zero-order valence-corrected chi connectivity index (χ0v) is 13.3. The molecule has 1 aliphatic carbocycles. The minimum atomic E-state index is -0.133. The maximum Gasteiger partial charge on any atom is 0.123 e. The van der Waals surface area contributed by atoms with Crippen molar-refractivity contribution in [2.24, 2.45) is 0 Å². The normalized spacial score (nSPS) is 17.1. The van der Waals surface area contributed by atoms with Gasteiger partial charge in [0.1, 0.15) is 5.82 Å². The van der Waals surface area contributed by atoms with Crippen LogP contribution in [-0.2, 0) is 6.54 Å². The van der Waals surface area contributed by atoms with Gasteiger partial charge in [-0.25, -0.2) is 4.39 Å². The number of rotatable bonds is 5. The lowest BCUT2D eigenvalue weighted by Gasteiger charge is -2.34. The van der Waals surface area contributed by atoms with E-state index in [2.05, 4.69) is 20.8 Å². The maximum absolute atomic E-state index is 13.2. The van der Waals surface area contributed by atoms with Crippen molar-refractivity contribution >= 4 is 15.9 Å². The average molecular weight is 328 g/mol. The van der Waals surface area contributed by atoms with Crippen LogP contribution >= 0.6 is 15.9 Å². The van der Waals surface area contributed by atoms with Crippen molar-refractivity contribution in [2.45, 2.75) is 51.6 Å². The molecule has 1 aromatic rings. The lowest BCUT2D eigenvalue weighted by Crippen LogP contribution is -2.37. The average Bonchev–Trinajstić information content (AvgIpc) is 2.42. The van der Waals surface area contributed by atoms with Crippen LogP contribution in [0.25, 0.3) is 0 Å². The van der Waals surface area contributed by atoms with E-state index in [-0.39, 0.29) is 5.82 Å². The number of benzene rings is 1. The van der Waals surface area contributed by atoms with Gasteiger partial charge < -0.3 is 0 Å². The number of halogens is 2. The monoisotopic (exact) mass is 327 g/mol. The highest BCUT2D eigenvalue weighted by Gasteiger charge is 2.21. The minimum absolute atomic E-state index is 0.133. The first kappa shape index (κ1) is 15.0. The smallest absolute Gasteiger partial charge is 0.123 e. The molecule has 0 N–H and O–H groups in total. The summed E-state index contributed by atoms with van der Waals surface area (Å²) in [6.07, 6.45) is 6.71. The summed E-state index contributed by atoms with van der Waals surface area (Å²) < 4.78 is 13.2. The van der Waals surface area contributed by atoms with Crippen molar-refractivity contribution in [3.05, 3.63) is 35.1 Å². The van der Waals surface area contributed by atoms with E-state index in [1.165, 1.54) is 37.7 Å². The van der Waals surface area contributed by atoms with Crippen LogP contribution in [0.2, 0.25) is 0 Å².